The fourth-order valence-electron chi connectivity index (χ4n) is 1.04. The van der Waals surface area contributed by atoms with Crippen molar-refractivity contribution in [2.75, 3.05) is 6.54 Å². The number of nitrogens with zero attached hydrogens (tertiary/aromatic N) is 3. The van der Waals surface area contributed by atoms with Gasteiger partial charge in [-0.05, 0) is 71.7 Å². The van der Waals surface area contributed by atoms with Crippen LogP contribution in [0.3, 0.4) is 0 Å². The van der Waals surface area contributed by atoms with Gasteiger partial charge in [-0.1, -0.05) is 17.0 Å². The normalized spacial score (nSPS) is 10.8. The molecule has 0 spiro atoms. The highest BCUT2D eigenvalue weighted by Gasteiger charge is 2.22. The van der Waals surface area contributed by atoms with Gasteiger partial charge in [0.2, 0.25) is 0 Å². The molecular weight excluding hydrogens is 292 g/mol. The van der Waals surface area contributed by atoms with Gasteiger partial charge >= 0.3 is 0 Å². The topological polar surface area (TPSA) is 115 Å². The van der Waals surface area contributed by atoms with E-state index in [9.17, 15) is 10.2 Å². The second kappa shape index (κ2) is 13.5. The Balaban J connectivity index is 4.62. The lowest BCUT2D eigenvalue weighted by molar-refractivity contribution is 0.0386. The largest absolute Gasteiger partial charge is 0.389 e. The standard InChI is InChI=1S/C17H12N4O2/c1-2-3-4-5-6-7-8-9-10-11-12-13-16(22)17(23)15(14-18)20-21-19/h15-17,22-23H,14,18H2,1H3/t15-,16+,17-/m0/s1. The van der Waals surface area contributed by atoms with E-state index in [2.05, 4.69) is 81.1 Å². The van der Waals surface area contributed by atoms with E-state index in [1.807, 2.05) is 0 Å². The molecule has 0 heterocycles. The monoisotopic (exact) mass is 304 g/mol. The molecule has 23 heavy (non-hydrogen) atoms. The summed E-state index contributed by atoms with van der Waals surface area (Å²) >= 11 is 0. The molecule has 3 atom stereocenters. The van der Waals surface area contributed by atoms with Crippen molar-refractivity contribution >= 4 is 0 Å². The molecule has 112 valence electrons. The average Bonchev–Trinajstić information content (AvgIpc) is 2.56. The third-order valence-electron chi connectivity index (χ3n) is 2.07. The highest BCUT2D eigenvalue weighted by atomic mass is 16.3. The Morgan fingerprint density at radius 2 is 1.43 bits per heavy atom. The quantitative estimate of drug-likeness (QED) is 0.278. The van der Waals surface area contributed by atoms with Gasteiger partial charge in [-0.15, -0.1) is 0 Å². The van der Waals surface area contributed by atoms with Crippen LogP contribution in [0.2, 0.25) is 0 Å². The molecule has 0 fully saturated rings. The Labute approximate surface area is 135 Å². The number of hydrogen-bond acceptors (Lipinski definition) is 4. The summed E-state index contributed by atoms with van der Waals surface area (Å²) in [5.74, 6) is 29.2. The third-order valence-corrected chi connectivity index (χ3v) is 2.07. The molecule has 6 nitrogen and oxygen atoms in total. The highest BCUT2D eigenvalue weighted by Crippen LogP contribution is 2.02. The first-order valence-corrected chi connectivity index (χ1v) is 6.20. The van der Waals surface area contributed by atoms with Crippen molar-refractivity contribution in [1.29, 1.82) is 0 Å². The zero-order chi connectivity index (χ0) is 17.3. The van der Waals surface area contributed by atoms with E-state index < -0.39 is 18.2 Å². The van der Waals surface area contributed by atoms with Crippen LogP contribution in [0, 0.1) is 71.0 Å². The molecule has 0 unspecified atom stereocenters. The molecular formula is C17H12N4O2. The summed E-state index contributed by atoms with van der Waals surface area (Å²) in [7, 11) is 0. The minimum absolute atomic E-state index is 0.119. The molecule has 4 N–H and O–H groups in total. The van der Waals surface area contributed by atoms with E-state index in [1.165, 1.54) is 0 Å². The summed E-state index contributed by atoms with van der Waals surface area (Å²) in [5, 5.41) is 22.5. The Bertz CT molecular complexity index is 817. The number of nitrogens with two attached hydrogens (primary N) is 1. The maximum atomic E-state index is 9.66. The summed E-state index contributed by atoms with van der Waals surface area (Å²) in [6, 6.07) is -0.967. The molecule has 0 radical (unpaired) electrons. The Morgan fingerprint density at radius 3 is 1.87 bits per heavy atom. The van der Waals surface area contributed by atoms with Crippen LogP contribution in [0.1, 0.15) is 6.92 Å². The molecule has 0 saturated carbocycles. The van der Waals surface area contributed by atoms with E-state index in [0.717, 1.165) is 0 Å². The molecule has 0 aromatic rings. The second-order valence-corrected chi connectivity index (χ2v) is 3.59. The van der Waals surface area contributed by atoms with Crippen LogP contribution >= 0.6 is 0 Å². The molecule has 0 rings (SSSR count). The molecule has 0 aliphatic rings. The molecule has 0 aromatic carbocycles. The number of rotatable bonds is 4. The molecule has 0 amide bonds. The third kappa shape index (κ3) is 9.99. The maximum Gasteiger partial charge on any atom is 0.141 e. The van der Waals surface area contributed by atoms with Crippen molar-refractivity contribution in [2.45, 2.75) is 25.2 Å². The zero-order valence-corrected chi connectivity index (χ0v) is 12.3. The van der Waals surface area contributed by atoms with E-state index in [-0.39, 0.29) is 6.54 Å². The fourth-order valence-corrected chi connectivity index (χ4v) is 1.04. The van der Waals surface area contributed by atoms with Crippen LogP contribution in [0.25, 0.3) is 10.4 Å². The average molecular weight is 304 g/mol. The Hall–Kier alpha value is -3.45. The lowest BCUT2D eigenvalue weighted by Gasteiger charge is -2.17. The van der Waals surface area contributed by atoms with Crippen LogP contribution < -0.4 is 5.73 Å². The first-order valence-electron chi connectivity index (χ1n) is 6.20. The van der Waals surface area contributed by atoms with Crippen molar-refractivity contribution in [2.24, 2.45) is 10.8 Å². The highest BCUT2D eigenvalue weighted by molar-refractivity contribution is 5.44. The predicted molar refractivity (Wildman–Crippen MR) is 86.3 cm³/mol. The summed E-state index contributed by atoms with van der Waals surface area (Å²) in [4.78, 5) is 2.52. The van der Waals surface area contributed by atoms with Crippen molar-refractivity contribution in [1.82, 2.24) is 0 Å². The zero-order valence-electron chi connectivity index (χ0n) is 12.3. The number of aliphatic hydroxyl groups excluding tert-OH is 2. The molecule has 0 saturated heterocycles. The Morgan fingerprint density at radius 1 is 0.957 bits per heavy atom. The first-order chi connectivity index (χ1) is 11.2. The smallest absolute Gasteiger partial charge is 0.141 e. The lowest BCUT2D eigenvalue weighted by atomic mass is 10.1. The minimum Gasteiger partial charge on any atom is -0.389 e. The second-order valence-electron chi connectivity index (χ2n) is 3.59. The predicted octanol–water partition coefficient (Wildman–Crippen LogP) is -0.614. The number of hydrogen-bond donors (Lipinski definition) is 3. The van der Waals surface area contributed by atoms with E-state index in [1.54, 1.807) is 6.92 Å². The van der Waals surface area contributed by atoms with Crippen LogP contribution in [0.4, 0.5) is 0 Å². The van der Waals surface area contributed by atoms with E-state index in [0.29, 0.717) is 0 Å². The van der Waals surface area contributed by atoms with Gasteiger partial charge in [0.25, 0.3) is 0 Å². The molecule has 0 aromatic heterocycles. The van der Waals surface area contributed by atoms with Crippen LogP contribution in [-0.4, -0.2) is 35.0 Å². The number of aliphatic hydroxyl groups is 2. The van der Waals surface area contributed by atoms with Crippen molar-refractivity contribution in [3.05, 3.63) is 10.4 Å². The van der Waals surface area contributed by atoms with Crippen LogP contribution in [-0.2, 0) is 0 Å². The fraction of sp³-hybridized carbons (Fsp3) is 0.294. The number of azide groups is 1. The van der Waals surface area contributed by atoms with Gasteiger partial charge < -0.3 is 15.9 Å². The van der Waals surface area contributed by atoms with E-state index >= 15 is 0 Å². The van der Waals surface area contributed by atoms with Crippen molar-refractivity contribution in [3.63, 3.8) is 0 Å². The summed E-state index contributed by atoms with van der Waals surface area (Å²) < 4.78 is 0. The van der Waals surface area contributed by atoms with Crippen molar-refractivity contribution in [3.8, 4) is 71.0 Å². The van der Waals surface area contributed by atoms with Gasteiger partial charge in [0.05, 0.1) is 6.04 Å². The van der Waals surface area contributed by atoms with E-state index in [4.69, 9.17) is 11.3 Å². The van der Waals surface area contributed by atoms with Gasteiger partial charge in [-0.25, -0.2) is 0 Å². The van der Waals surface area contributed by atoms with Gasteiger partial charge in [-0.2, -0.15) is 0 Å². The summed E-state index contributed by atoms with van der Waals surface area (Å²) in [5.41, 5.74) is 13.6. The van der Waals surface area contributed by atoms with Gasteiger partial charge in [0.15, 0.2) is 0 Å². The Kier molecular flexibility index (Phi) is 11.5. The molecule has 6 heteroatoms. The molecule has 0 bridgehead atoms. The van der Waals surface area contributed by atoms with Crippen LogP contribution in [0.5, 0.6) is 0 Å². The summed E-state index contributed by atoms with van der Waals surface area (Å²) in [6.07, 6.45) is -2.84. The van der Waals surface area contributed by atoms with Gasteiger partial charge in [0.1, 0.15) is 12.2 Å². The molecule has 0 aliphatic heterocycles. The first kappa shape index (κ1) is 19.5. The molecule has 0 aliphatic carbocycles. The lowest BCUT2D eigenvalue weighted by Crippen LogP contribution is -2.39. The maximum absolute atomic E-state index is 9.66. The minimum atomic E-state index is -1.44. The van der Waals surface area contributed by atoms with Gasteiger partial charge in [0, 0.05) is 11.5 Å². The SMILES string of the molecule is CC#CC#CC#CC#CC#CC#C[C@@H](O)[C@@H](O)[C@H](CN)N=[N+]=[N-]. The van der Waals surface area contributed by atoms with Crippen molar-refractivity contribution < 1.29 is 10.2 Å². The van der Waals surface area contributed by atoms with Crippen LogP contribution in [0.15, 0.2) is 5.11 Å². The van der Waals surface area contributed by atoms with Gasteiger partial charge in [-0.3, -0.25) is 0 Å². The summed E-state index contributed by atoms with van der Waals surface area (Å²) in [6.45, 7) is 1.55.